The Morgan fingerprint density at radius 3 is 2.40 bits per heavy atom. The summed E-state index contributed by atoms with van der Waals surface area (Å²) in [6.45, 7) is -0.684. The average Bonchev–Trinajstić information content (AvgIpc) is 3.03. The van der Waals surface area contributed by atoms with Crippen LogP contribution >= 0.6 is 11.8 Å². The van der Waals surface area contributed by atoms with Crippen LogP contribution in [0.4, 0.5) is 18.9 Å². The fourth-order valence-corrected chi connectivity index (χ4v) is 3.79. The van der Waals surface area contributed by atoms with Crippen molar-refractivity contribution in [2.45, 2.75) is 11.3 Å². The van der Waals surface area contributed by atoms with Gasteiger partial charge in [-0.3, -0.25) is 4.79 Å². The summed E-state index contributed by atoms with van der Waals surface area (Å²) in [5.74, 6) is -2.10. The lowest BCUT2D eigenvalue weighted by molar-refractivity contribution is -0.274. The predicted octanol–water partition coefficient (Wildman–Crippen LogP) is 4.29. The van der Waals surface area contributed by atoms with E-state index in [1.807, 2.05) is 30.3 Å². The SMILES string of the molecule is CN1/C(=C(\C#N)C(=O)COC(=O)c2ccc(OC(F)(F)F)cc2)Sc2ccccc21. The summed E-state index contributed by atoms with van der Waals surface area (Å²) in [4.78, 5) is 27.1. The number of para-hydroxylation sites is 1. The summed E-state index contributed by atoms with van der Waals surface area (Å²) >= 11 is 1.26. The van der Waals surface area contributed by atoms with Crippen LogP contribution in [-0.4, -0.2) is 31.8 Å². The standard InChI is InChI=1S/C20H13F3N2O4S/c1-25-15-4-2-3-5-17(15)30-18(25)14(10-24)16(26)11-28-19(27)12-6-8-13(9-7-12)29-20(21,22)23/h2-9H,11H2,1H3/b18-14-. The highest BCUT2D eigenvalue weighted by Gasteiger charge is 2.31. The lowest BCUT2D eigenvalue weighted by Crippen LogP contribution is -2.20. The molecule has 0 N–H and O–H groups in total. The zero-order valence-electron chi connectivity index (χ0n) is 15.4. The molecule has 0 radical (unpaired) electrons. The number of halogens is 3. The fourth-order valence-electron chi connectivity index (χ4n) is 2.63. The number of ether oxygens (including phenoxy) is 2. The molecule has 2 aromatic rings. The first kappa shape index (κ1) is 21.3. The number of anilines is 1. The van der Waals surface area contributed by atoms with E-state index in [2.05, 4.69) is 4.74 Å². The van der Waals surface area contributed by atoms with Gasteiger partial charge >= 0.3 is 12.3 Å². The molecule has 0 spiro atoms. The third-order valence-corrected chi connectivity index (χ3v) is 5.24. The van der Waals surface area contributed by atoms with E-state index in [4.69, 9.17) is 4.74 Å². The molecule has 0 atom stereocenters. The Morgan fingerprint density at radius 1 is 1.13 bits per heavy atom. The molecule has 1 aliphatic heterocycles. The maximum Gasteiger partial charge on any atom is 0.573 e. The number of ketones is 1. The first-order valence-electron chi connectivity index (χ1n) is 8.40. The highest BCUT2D eigenvalue weighted by molar-refractivity contribution is 8.03. The highest BCUT2D eigenvalue weighted by Crippen LogP contribution is 2.46. The van der Waals surface area contributed by atoms with E-state index in [-0.39, 0.29) is 11.1 Å². The van der Waals surface area contributed by atoms with Gasteiger partial charge in [0.05, 0.1) is 11.3 Å². The van der Waals surface area contributed by atoms with Gasteiger partial charge in [-0.2, -0.15) is 5.26 Å². The predicted molar refractivity (Wildman–Crippen MR) is 102 cm³/mol. The van der Waals surface area contributed by atoms with Crippen LogP contribution < -0.4 is 9.64 Å². The molecule has 10 heteroatoms. The minimum atomic E-state index is -4.85. The number of thioether (sulfide) groups is 1. The molecule has 0 fully saturated rings. The quantitative estimate of drug-likeness (QED) is 0.395. The second-order valence-corrected chi connectivity index (χ2v) is 7.02. The van der Waals surface area contributed by atoms with Crippen molar-refractivity contribution < 1.29 is 32.2 Å². The van der Waals surface area contributed by atoms with Gasteiger partial charge in [0, 0.05) is 11.9 Å². The van der Waals surface area contributed by atoms with Gasteiger partial charge in [-0.25, -0.2) is 4.79 Å². The molecule has 0 saturated carbocycles. The second kappa shape index (κ2) is 8.51. The molecule has 0 amide bonds. The molecule has 154 valence electrons. The number of Topliss-reactive ketones (excluding diaryl/α,β-unsaturated/α-hetero) is 1. The number of nitrogens with zero attached hydrogens (tertiary/aromatic N) is 2. The average molecular weight is 434 g/mol. The number of carbonyl (C=O) groups is 2. The molecule has 2 aromatic carbocycles. The van der Waals surface area contributed by atoms with Crippen molar-refractivity contribution in [3.8, 4) is 11.8 Å². The molecular weight excluding hydrogens is 421 g/mol. The fraction of sp³-hybridized carbons (Fsp3) is 0.150. The highest BCUT2D eigenvalue weighted by atomic mass is 32.2. The van der Waals surface area contributed by atoms with Crippen LogP contribution in [0.1, 0.15) is 10.4 Å². The number of esters is 1. The number of alkyl halides is 3. The Balaban J connectivity index is 1.66. The number of benzene rings is 2. The topological polar surface area (TPSA) is 79.6 Å². The summed E-state index contributed by atoms with van der Waals surface area (Å²) in [5, 5.41) is 9.87. The molecule has 3 rings (SSSR count). The molecule has 0 bridgehead atoms. The third kappa shape index (κ3) is 4.75. The van der Waals surface area contributed by atoms with Crippen molar-refractivity contribution in [3.05, 3.63) is 64.7 Å². The Hall–Kier alpha value is -3.45. The van der Waals surface area contributed by atoms with Crippen LogP contribution in [0.2, 0.25) is 0 Å². The van der Waals surface area contributed by atoms with Crippen molar-refractivity contribution in [2.75, 3.05) is 18.6 Å². The molecular formula is C20H13F3N2O4S. The van der Waals surface area contributed by atoms with Crippen molar-refractivity contribution >= 4 is 29.2 Å². The Labute approximate surface area is 173 Å². The minimum Gasteiger partial charge on any atom is -0.454 e. The van der Waals surface area contributed by atoms with E-state index in [0.717, 1.165) is 34.8 Å². The maximum atomic E-state index is 12.5. The van der Waals surface area contributed by atoms with E-state index in [0.29, 0.717) is 5.03 Å². The number of fused-ring (bicyclic) bond motifs is 1. The summed E-state index contributed by atoms with van der Waals surface area (Å²) in [7, 11) is 1.72. The number of rotatable bonds is 5. The molecule has 0 aromatic heterocycles. The Bertz CT molecular complexity index is 1060. The lowest BCUT2D eigenvalue weighted by atomic mass is 10.2. The molecule has 0 aliphatic carbocycles. The Kier molecular flexibility index (Phi) is 6.03. The van der Waals surface area contributed by atoms with Crippen LogP contribution in [0, 0.1) is 11.3 Å². The largest absolute Gasteiger partial charge is 0.573 e. The number of nitriles is 1. The van der Waals surface area contributed by atoms with Crippen LogP contribution in [0.25, 0.3) is 0 Å². The number of carbonyl (C=O) groups excluding carboxylic acids is 2. The third-order valence-electron chi connectivity index (χ3n) is 4.00. The van der Waals surface area contributed by atoms with Crippen molar-refractivity contribution in [1.29, 1.82) is 5.26 Å². The second-order valence-electron chi connectivity index (χ2n) is 5.99. The molecule has 0 saturated heterocycles. The van der Waals surface area contributed by atoms with Crippen molar-refractivity contribution in [2.24, 2.45) is 0 Å². The van der Waals surface area contributed by atoms with E-state index in [9.17, 15) is 28.0 Å². The van der Waals surface area contributed by atoms with Crippen LogP contribution in [0.3, 0.4) is 0 Å². The normalized spacial score (nSPS) is 14.6. The maximum absolute atomic E-state index is 12.5. The van der Waals surface area contributed by atoms with E-state index < -0.39 is 30.5 Å². The lowest BCUT2D eigenvalue weighted by Gasteiger charge is -2.14. The van der Waals surface area contributed by atoms with Gasteiger partial charge in [-0.05, 0) is 36.4 Å². The monoisotopic (exact) mass is 434 g/mol. The number of hydrogen-bond acceptors (Lipinski definition) is 7. The minimum absolute atomic E-state index is 0.0664. The molecule has 0 unspecified atom stereocenters. The van der Waals surface area contributed by atoms with Gasteiger partial charge in [0.25, 0.3) is 0 Å². The van der Waals surface area contributed by atoms with Crippen LogP contribution in [0.15, 0.2) is 64.0 Å². The summed E-state index contributed by atoms with van der Waals surface area (Å²) in [5.41, 5.74) is 0.625. The smallest absolute Gasteiger partial charge is 0.454 e. The van der Waals surface area contributed by atoms with E-state index in [1.54, 1.807) is 11.9 Å². The van der Waals surface area contributed by atoms with E-state index in [1.165, 1.54) is 11.8 Å². The zero-order valence-corrected chi connectivity index (χ0v) is 16.2. The summed E-state index contributed by atoms with van der Waals surface area (Å²) in [6.07, 6.45) is -4.85. The zero-order chi connectivity index (χ0) is 21.9. The van der Waals surface area contributed by atoms with Gasteiger partial charge in [0.1, 0.15) is 22.4 Å². The molecule has 30 heavy (non-hydrogen) atoms. The number of hydrogen-bond donors (Lipinski definition) is 0. The van der Waals surface area contributed by atoms with Crippen LogP contribution in [0.5, 0.6) is 5.75 Å². The van der Waals surface area contributed by atoms with Crippen molar-refractivity contribution in [3.63, 3.8) is 0 Å². The molecule has 6 nitrogen and oxygen atoms in total. The summed E-state index contributed by atoms with van der Waals surface area (Å²) in [6, 6.07) is 13.3. The van der Waals surface area contributed by atoms with Gasteiger partial charge in [0.2, 0.25) is 5.78 Å². The van der Waals surface area contributed by atoms with Gasteiger partial charge in [0.15, 0.2) is 6.61 Å². The first-order chi connectivity index (χ1) is 14.2. The van der Waals surface area contributed by atoms with Gasteiger partial charge < -0.3 is 14.4 Å². The van der Waals surface area contributed by atoms with Gasteiger partial charge in [-0.1, -0.05) is 23.9 Å². The Morgan fingerprint density at radius 2 is 1.80 bits per heavy atom. The first-order valence-corrected chi connectivity index (χ1v) is 9.22. The van der Waals surface area contributed by atoms with Gasteiger partial charge in [-0.15, -0.1) is 13.2 Å². The molecule has 1 aliphatic rings. The van der Waals surface area contributed by atoms with Crippen LogP contribution in [-0.2, 0) is 9.53 Å². The summed E-state index contributed by atoms with van der Waals surface area (Å²) < 4.78 is 45.2. The van der Waals surface area contributed by atoms with E-state index >= 15 is 0 Å². The molecule has 1 heterocycles. The van der Waals surface area contributed by atoms with Crippen molar-refractivity contribution in [1.82, 2.24) is 0 Å².